The van der Waals surface area contributed by atoms with Gasteiger partial charge in [0.25, 0.3) is 0 Å². The molecule has 1 aromatic heterocycles. The third kappa shape index (κ3) is 4.29. The van der Waals surface area contributed by atoms with Gasteiger partial charge in [0.05, 0.1) is 6.61 Å². The van der Waals surface area contributed by atoms with Crippen molar-refractivity contribution in [2.45, 2.75) is 12.8 Å². The van der Waals surface area contributed by atoms with Crippen molar-refractivity contribution in [3.8, 4) is 5.75 Å². The van der Waals surface area contributed by atoms with Crippen LogP contribution in [0.1, 0.15) is 12.8 Å². The van der Waals surface area contributed by atoms with Gasteiger partial charge in [0.15, 0.2) is 11.6 Å². The number of halogens is 1. The molecular formula is C12H12FN3O2S. The predicted molar refractivity (Wildman–Crippen MR) is 69.7 cm³/mol. The van der Waals surface area contributed by atoms with Crippen LogP contribution in [0, 0.1) is 5.82 Å². The quantitative estimate of drug-likeness (QED) is 0.826. The minimum Gasteiger partial charge on any atom is -0.491 e. The van der Waals surface area contributed by atoms with Gasteiger partial charge in [-0.25, -0.2) is 4.39 Å². The number of nitrogens with zero attached hydrogens (tertiary/aromatic N) is 2. The number of benzene rings is 1. The third-order valence-corrected chi connectivity index (χ3v) is 2.86. The molecule has 1 amide bonds. The Morgan fingerprint density at radius 1 is 1.42 bits per heavy atom. The fourth-order valence-corrected chi connectivity index (χ4v) is 1.85. The molecule has 19 heavy (non-hydrogen) atoms. The van der Waals surface area contributed by atoms with Crippen LogP contribution >= 0.6 is 11.3 Å². The fraction of sp³-hybridized carbons (Fsp3) is 0.250. The molecule has 0 aliphatic rings. The van der Waals surface area contributed by atoms with Gasteiger partial charge < -0.3 is 10.1 Å². The van der Waals surface area contributed by atoms with Crippen molar-refractivity contribution in [3.63, 3.8) is 0 Å². The summed E-state index contributed by atoms with van der Waals surface area (Å²) in [5.74, 6) is -0.360. The fourth-order valence-electron chi connectivity index (χ4n) is 1.39. The maximum atomic E-state index is 13.2. The number of hydrogen-bond donors (Lipinski definition) is 1. The zero-order chi connectivity index (χ0) is 13.5. The van der Waals surface area contributed by atoms with Crippen molar-refractivity contribution in [2.75, 3.05) is 11.9 Å². The second kappa shape index (κ2) is 6.79. The number of rotatable bonds is 6. The molecule has 0 unspecified atom stereocenters. The number of amides is 1. The van der Waals surface area contributed by atoms with Crippen LogP contribution in [0.15, 0.2) is 29.8 Å². The molecule has 0 fully saturated rings. The molecule has 0 atom stereocenters. The van der Waals surface area contributed by atoms with E-state index in [9.17, 15) is 9.18 Å². The summed E-state index contributed by atoms with van der Waals surface area (Å²) in [7, 11) is 0. The summed E-state index contributed by atoms with van der Waals surface area (Å²) in [5.41, 5.74) is 1.54. The molecule has 1 aromatic carbocycles. The number of carbonyl (C=O) groups excluding carboxylic acids is 1. The maximum Gasteiger partial charge on any atom is 0.226 e. The van der Waals surface area contributed by atoms with E-state index in [2.05, 4.69) is 15.5 Å². The van der Waals surface area contributed by atoms with E-state index in [1.807, 2.05) is 0 Å². The Morgan fingerprint density at radius 2 is 2.26 bits per heavy atom. The smallest absolute Gasteiger partial charge is 0.226 e. The van der Waals surface area contributed by atoms with E-state index < -0.39 is 5.82 Å². The van der Waals surface area contributed by atoms with E-state index in [-0.39, 0.29) is 24.7 Å². The Bertz CT molecular complexity index is 534. The molecule has 0 saturated carbocycles. The van der Waals surface area contributed by atoms with Crippen LogP contribution in [0.4, 0.5) is 9.52 Å². The van der Waals surface area contributed by atoms with Gasteiger partial charge in [-0.3, -0.25) is 4.79 Å². The van der Waals surface area contributed by atoms with Gasteiger partial charge in [0, 0.05) is 6.42 Å². The zero-order valence-electron chi connectivity index (χ0n) is 10.0. The van der Waals surface area contributed by atoms with Gasteiger partial charge in [0.1, 0.15) is 5.51 Å². The van der Waals surface area contributed by atoms with Gasteiger partial charge >= 0.3 is 0 Å². The Kier molecular flexibility index (Phi) is 4.79. The summed E-state index contributed by atoms with van der Waals surface area (Å²) in [6, 6.07) is 6.17. The van der Waals surface area contributed by atoms with Crippen molar-refractivity contribution in [3.05, 3.63) is 35.6 Å². The van der Waals surface area contributed by atoms with Crippen LogP contribution in [-0.4, -0.2) is 22.7 Å². The number of para-hydroxylation sites is 1. The van der Waals surface area contributed by atoms with Crippen LogP contribution in [0.25, 0.3) is 0 Å². The minimum atomic E-state index is -0.402. The molecule has 0 bridgehead atoms. The van der Waals surface area contributed by atoms with Crippen molar-refractivity contribution in [2.24, 2.45) is 0 Å². The van der Waals surface area contributed by atoms with Crippen LogP contribution in [0.5, 0.6) is 5.75 Å². The summed E-state index contributed by atoms with van der Waals surface area (Å²) < 4.78 is 18.5. The molecule has 0 saturated heterocycles. The largest absolute Gasteiger partial charge is 0.491 e. The van der Waals surface area contributed by atoms with Crippen LogP contribution in [0.3, 0.4) is 0 Å². The number of hydrogen-bond acceptors (Lipinski definition) is 5. The van der Waals surface area contributed by atoms with Gasteiger partial charge in [-0.15, -0.1) is 10.2 Å². The monoisotopic (exact) mass is 281 g/mol. The zero-order valence-corrected chi connectivity index (χ0v) is 10.8. The number of carbonyl (C=O) groups is 1. The highest BCUT2D eigenvalue weighted by Gasteiger charge is 2.05. The lowest BCUT2D eigenvalue weighted by Crippen LogP contribution is -2.12. The van der Waals surface area contributed by atoms with Gasteiger partial charge in [0.2, 0.25) is 11.0 Å². The normalized spacial score (nSPS) is 10.2. The molecule has 0 radical (unpaired) electrons. The molecule has 100 valence electrons. The first-order valence-electron chi connectivity index (χ1n) is 5.69. The minimum absolute atomic E-state index is 0.158. The van der Waals surface area contributed by atoms with Crippen LogP contribution < -0.4 is 10.1 Å². The first-order valence-corrected chi connectivity index (χ1v) is 6.57. The first-order chi connectivity index (χ1) is 9.25. The second-order valence-electron chi connectivity index (χ2n) is 3.67. The van der Waals surface area contributed by atoms with E-state index in [1.54, 1.807) is 18.2 Å². The van der Waals surface area contributed by atoms with Crippen LogP contribution in [0.2, 0.25) is 0 Å². The Morgan fingerprint density at radius 3 is 3.00 bits per heavy atom. The molecule has 0 spiro atoms. The highest BCUT2D eigenvalue weighted by atomic mass is 32.1. The average molecular weight is 281 g/mol. The third-order valence-electron chi connectivity index (χ3n) is 2.25. The Balaban J connectivity index is 1.67. The van der Waals surface area contributed by atoms with Crippen molar-refractivity contribution in [1.82, 2.24) is 10.2 Å². The van der Waals surface area contributed by atoms with E-state index in [1.165, 1.54) is 22.9 Å². The molecular weight excluding hydrogens is 269 g/mol. The second-order valence-corrected chi connectivity index (χ2v) is 4.51. The standard InChI is InChI=1S/C12H12FN3O2S/c13-9-4-1-2-5-10(9)18-7-3-6-11(17)15-12-16-14-8-19-12/h1-2,4-5,8H,3,6-7H2,(H,15,16,17). The first kappa shape index (κ1) is 13.4. The number of aromatic nitrogens is 2. The highest BCUT2D eigenvalue weighted by Crippen LogP contribution is 2.15. The molecule has 1 heterocycles. The Hall–Kier alpha value is -2.02. The predicted octanol–water partition coefficient (Wildman–Crippen LogP) is 2.47. The average Bonchev–Trinajstić information content (AvgIpc) is 2.89. The molecule has 0 aliphatic heterocycles. The summed E-state index contributed by atoms with van der Waals surface area (Å²) in [5, 5.41) is 10.4. The summed E-state index contributed by atoms with van der Waals surface area (Å²) >= 11 is 1.25. The topological polar surface area (TPSA) is 64.1 Å². The summed E-state index contributed by atoms with van der Waals surface area (Å²) in [6.45, 7) is 0.282. The van der Waals surface area contributed by atoms with E-state index >= 15 is 0 Å². The Labute approximate surface area is 113 Å². The van der Waals surface area contributed by atoms with E-state index in [4.69, 9.17) is 4.74 Å². The van der Waals surface area contributed by atoms with Gasteiger partial charge in [-0.05, 0) is 18.6 Å². The maximum absolute atomic E-state index is 13.2. The van der Waals surface area contributed by atoms with E-state index in [0.717, 1.165) is 0 Å². The van der Waals surface area contributed by atoms with Crippen molar-refractivity contribution in [1.29, 1.82) is 0 Å². The van der Waals surface area contributed by atoms with Gasteiger partial charge in [-0.2, -0.15) is 0 Å². The SMILES string of the molecule is O=C(CCCOc1ccccc1F)Nc1nncs1. The molecule has 2 aromatic rings. The lowest BCUT2D eigenvalue weighted by molar-refractivity contribution is -0.116. The molecule has 5 nitrogen and oxygen atoms in total. The summed E-state index contributed by atoms with van der Waals surface area (Å²) in [4.78, 5) is 11.5. The molecule has 7 heteroatoms. The molecule has 2 rings (SSSR count). The van der Waals surface area contributed by atoms with Gasteiger partial charge in [-0.1, -0.05) is 23.5 Å². The van der Waals surface area contributed by atoms with Crippen molar-refractivity contribution < 1.29 is 13.9 Å². The lowest BCUT2D eigenvalue weighted by atomic mass is 10.3. The lowest BCUT2D eigenvalue weighted by Gasteiger charge is -2.06. The highest BCUT2D eigenvalue weighted by molar-refractivity contribution is 7.13. The van der Waals surface area contributed by atoms with E-state index in [0.29, 0.717) is 11.6 Å². The van der Waals surface area contributed by atoms with Crippen LogP contribution in [-0.2, 0) is 4.79 Å². The van der Waals surface area contributed by atoms with Crippen molar-refractivity contribution >= 4 is 22.4 Å². The molecule has 1 N–H and O–H groups in total. The summed E-state index contributed by atoms with van der Waals surface area (Å²) in [6.07, 6.45) is 0.785. The number of anilines is 1. The number of nitrogens with one attached hydrogen (secondary N) is 1. The number of ether oxygens (including phenoxy) is 1. The molecule has 0 aliphatic carbocycles.